The van der Waals surface area contributed by atoms with Crippen molar-refractivity contribution in [2.75, 3.05) is 32.8 Å². The fraction of sp³-hybridized carbons (Fsp3) is 0.917. The Morgan fingerprint density at radius 3 is 2.72 bits per heavy atom. The molecule has 0 amide bonds. The van der Waals surface area contributed by atoms with E-state index in [1.807, 2.05) is 0 Å². The molecule has 0 aromatic heterocycles. The molecule has 2 aliphatic rings. The molecule has 2 heterocycles. The number of carbonyl (C=O) groups is 1. The van der Waals surface area contributed by atoms with E-state index in [9.17, 15) is 18.0 Å². The number of rotatable bonds is 3. The van der Waals surface area contributed by atoms with Crippen molar-refractivity contribution in [3.8, 4) is 0 Å². The highest BCUT2D eigenvalue weighted by molar-refractivity contribution is 5.83. The van der Waals surface area contributed by atoms with Gasteiger partial charge in [0.15, 0.2) is 5.78 Å². The fourth-order valence-electron chi connectivity index (χ4n) is 2.60. The summed E-state index contributed by atoms with van der Waals surface area (Å²) < 4.78 is 43.0. The number of nitrogens with zero attached hydrogens (tertiary/aromatic N) is 1. The molecule has 2 saturated heterocycles. The van der Waals surface area contributed by atoms with E-state index in [0.29, 0.717) is 32.6 Å². The Morgan fingerprint density at radius 2 is 2.11 bits per heavy atom. The molecule has 2 rings (SSSR count). The molecule has 104 valence electrons. The predicted octanol–water partition coefficient (Wildman–Crippen LogP) is 1.87. The number of hydrogen-bond acceptors (Lipinski definition) is 3. The highest BCUT2D eigenvalue weighted by atomic mass is 19.4. The number of alkyl halides is 3. The average molecular weight is 265 g/mol. The summed E-state index contributed by atoms with van der Waals surface area (Å²) in [4.78, 5) is 13.5. The Kier molecular flexibility index (Phi) is 4.27. The number of likely N-dealkylation sites (tertiary alicyclic amines) is 1. The van der Waals surface area contributed by atoms with Crippen LogP contribution >= 0.6 is 0 Å². The van der Waals surface area contributed by atoms with Crippen LogP contribution in [0.3, 0.4) is 0 Å². The topological polar surface area (TPSA) is 29.5 Å². The second-order valence-corrected chi connectivity index (χ2v) is 5.14. The first-order valence-corrected chi connectivity index (χ1v) is 6.36. The minimum Gasteiger partial charge on any atom is -0.381 e. The van der Waals surface area contributed by atoms with Crippen LogP contribution in [0.5, 0.6) is 0 Å². The minimum absolute atomic E-state index is 0.0234. The lowest BCUT2D eigenvalue weighted by molar-refractivity contribution is -0.187. The smallest absolute Gasteiger partial charge is 0.381 e. The maximum absolute atomic E-state index is 12.6. The summed E-state index contributed by atoms with van der Waals surface area (Å²) >= 11 is 0. The van der Waals surface area contributed by atoms with Crippen molar-refractivity contribution in [3.63, 3.8) is 0 Å². The molecular weight excluding hydrogens is 247 g/mol. The van der Waals surface area contributed by atoms with E-state index in [1.54, 1.807) is 4.90 Å². The van der Waals surface area contributed by atoms with Crippen LogP contribution in [0.1, 0.15) is 19.3 Å². The Labute approximate surface area is 104 Å². The highest BCUT2D eigenvalue weighted by Gasteiger charge is 2.42. The number of ketones is 1. The molecule has 0 bridgehead atoms. The van der Waals surface area contributed by atoms with Crippen LogP contribution in [0.25, 0.3) is 0 Å². The molecule has 6 heteroatoms. The first kappa shape index (κ1) is 13.8. The molecule has 2 fully saturated rings. The van der Waals surface area contributed by atoms with Crippen LogP contribution in [0.15, 0.2) is 0 Å². The Balaban J connectivity index is 1.83. The Bertz CT molecular complexity index is 300. The maximum Gasteiger partial charge on any atom is 0.393 e. The van der Waals surface area contributed by atoms with Crippen molar-refractivity contribution >= 4 is 5.78 Å². The number of carbonyl (C=O) groups excluding carboxylic acids is 1. The van der Waals surface area contributed by atoms with Gasteiger partial charge in [0.25, 0.3) is 0 Å². The highest BCUT2D eigenvalue weighted by Crippen LogP contribution is 2.33. The van der Waals surface area contributed by atoms with E-state index in [4.69, 9.17) is 4.74 Å². The van der Waals surface area contributed by atoms with Crippen molar-refractivity contribution in [1.82, 2.24) is 4.90 Å². The lowest BCUT2D eigenvalue weighted by Crippen LogP contribution is -2.44. The van der Waals surface area contributed by atoms with Gasteiger partial charge in [0.2, 0.25) is 0 Å². The average Bonchev–Trinajstić information content (AvgIpc) is 2.81. The quantitative estimate of drug-likeness (QED) is 0.780. The third kappa shape index (κ3) is 3.45. The van der Waals surface area contributed by atoms with Crippen molar-refractivity contribution in [3.05, 3.63) is 0 Å². The molecule has 0 aromatic carbocycles. The summed E-state index contributed by atoms with van der Waals surface area (Å²) in [5, 5.41) is 0. The van der Waals surface area contributed by atoms with E-state index >= 15 is 0 Å². The molecule has 0 radical (unpaired) electrons. The van der Waals surface area contributed by atoms with E-state index in [1.165, 1.54) is 0 Å². The van der Waals surface area contributed by atoms with E-state index in [0.717, 1.165) is 0 Å². The summed E-state index contributed by atoms with van der Waals surface area (Å²) in [5.41, 5.74) is 0. The summed E-state index contributed by atoms with van der Waals surface area (Å²) in [6, 6.07) is 0. The molecule has 0 N–H and O–H groups in total. The van der Waals surface area contributed by atoms with Crippen molar-refractivity contribution in [1.29, 1.82) is 0 Å². The molecule has 0 spiro atoms. The van der Waals surface area contributed by atoms with Crippen LogP contribution in [-0.2, 0) is 9.53 Å². The van der Waals surface area contributed by atoms with Crippen molar-refractivity contribution < 1.29 is 22.7 Å². The van der Waals surface area contributed by atoms with Crippen LogP contribution in [-0.4, -0.2) is 49.7 Å². The minimum atomic E-state index is -4.14. The number of hydrogen-bond donors (Lipinski definition) is 0. The Morgan fingerprint density at radius 1 is 1.33 bits per heavy atom. The first-order chi connectivity index (χ1) is 8.47. The molecule has 18 heavy (non-hydrogen) atoms. The van der Waals surface area contributed by atoms with Crippen molar-refractivity contribution in [2.45, 2.75) is 25.4 Å². The van der Waals surface area contributed by atoms with Gasteiger partial charge in [-0.25, -0.2) is 0 Å². The molecule has 2 atom stereocenters. The predicted molar refractivity (Wildman–Crippen MR) is 59.2 cm³/mol. The van der Waals surface area contributed by atoms with Crippen molar-refractivity contribution in [2.24, 2.45) is 11.8 Å². The standard InChI is InChI=1S/C12H18F3NO2/c13-12(14,15)10-2-1-4-16(6-10)7-11(17)9-3-5-18-8-9/h9-10H,1-8H2. The lowest BCUT2D eigenvalue weighted by atomic mass is 9.96. The summed E-state index contributed by atoms with van der Waals surface area (Å²) in [6.45, 7) is 1.70. The van der Waals surface area contributed by atoms with Gasteiger partial charge in [-0.1, -0.05) is 0 Å². The van der Waals surface area contributed by atoms with Gasteiger partial charge in [0.05, 0.1) is 19.1 Å². The summed E-state index contributed by atoms with van der Waals surface area (Å²) in [7, 11) is 0. The van der Waals surface area contributed by atoms with Gasteiger partial charge in [-0.3, -0.25) is 9.69 Å². The monoisotopic (exact) mass is 265 g/mol. The Hall–Kier alpha value is -0.620. The SMILES string of the molecule is O=C(CN1CCCC(C(F)(F)F)C1)C1CCOC1. The molecule has 0 aliphatic carbocycles. The van der Waals surface area contributed by atoms with Crippen LogP contribution in [0.2, 0.25) is 0 Å². The van der Waals surface area contributed by atoms with Crippen LogP contribution in [0, 0.1) is 11.8 Å². The zero-order valence-electron chi connectivity index (χ0n) is 10.2. The number of halogens is 3. The summed E-state index contributed by atoms with van der Waals surface area (Å²) in [5.74, 6) is -1.37. The molecule has 3 nitrogen and oxygen atoms in total. The van der Waals surface area contributed by atoms with E-state index in [2.05, 4.69) is 0 Å². The summed E-state index contributed by atoms with van der Waals surface area (Å²) in [6.07, 6.45) is -2.74. The fourth-order valence-corrected chi connectivity index (χ4v) is 2.60. The zero-order chi connectivity index (χ0) is 13.2. The van der Waals surface area contributed by atoms with Gasteiger partial charge in [-0.15, -0.1) is 0 Å². The van der Waals surface area contributed by atoms with Gasteiger partial charge in [0, 0.05) is 19.1 Å². The van der Waals surface area contributed by atoms with Gasteiger partial charge in [-0.05, 0) is 25.8 Å². The molecule has 0 aromatic rings. The second-order valence-electron chi connectivity index (χ2n) is 5.14. The largest absolute Gasteiger partial charge is 0.393 e. The second kappa shape index (κ2) is 5.57. The third-order valence-electron chi connectivity index (χ3n) is 3.73. The van der Waals surface area contributed by atoms with Crippen LogP contribution in [0.4, 0.5) is 13.2 Å². The van der Waals surface area contributed by atoms with E-state index in [-0.39, 0.29) is 31.2 Å². The van der Waals surface area contributed by atoms with Gasteiger partial charge >= 0.3 is 6.18 Å². The maximum atomic E-state index is 12.6. The van der Waals surface area contributed by atoms with Gasteiger partial charge in [-0.2, -0.15) is 13.2 Å². The zero-order valence-corrected chi connectivity index (χ0v) is 10.2. The van der Waals surface area contributed by atoms with Gasteiger partial charge in [0.1, 0.15) is 0 Å². The molecule has 2 unspecified atom stereocenters. The molecule has 2 aliphatic heterocycles. The number of Topliss-reactive ketones (excluding diaryl/α,β-unsaturated/α-hetero) is 1. The first-order valence-electron chi connectivity index (χ1n) is 6.36. The van der Waals surface area contributed by atoms with E-state index < -0.39 is 12.1 Å². The molecular formula is C12H18F3NO2. The van der Waals surface area contributed by atoms with Crippen LogP contribution < -0.4 is 0 Å². The molecule has 0 saturated carbocycles. The number of ether oxygens (including phenoxy) is 1. The normalized spacial score (nSPS) is 30.6. The number of piperidine rings is 1. The van der Waals surface area contributed by atoms with Gasteiger partial charge < -0.3 is 4.74 Å². The lowest BCUT2D eigenvalue weighted by Gasteiger charge is -2.33. The third-order valence-corrected chi connectivity index (χ3v) is 3.73.